The van der Waals surface area contributed by atoms with Gasteiger partial charge in [0.25, 0.3) is 0 Å². The van der Waals surface area contributed by atoms with Crippen molar-refractivity contribution in [2.45, 2.75) is 83.5 Å². The highest BCUT2D eigenvalue weighted by atomic mass is 28.4. The van der Waals surface area contributed by atoms with Crippen molar-refractivity contribution in [2.24, 2.45) is 0 Å². The van der Waals surface area contributed by atoms with E-state index < -0.39 is 31.5 Å². The van der Waals surface area contributed by atoms with Crippen LogP contribution < -0.4 is 0 Å². The normalized spacial score (nSPS) is 13.8. The van der Waals surface area contributed by atoms with Crippen LogP contribution in [0.25, 0.3) is 0 Å². The Bertz CT molecular complexity index is 300. The molecular weight excluding hydrogens is 356 g/mol. The van der Waals surface area contributed by atoms with E-state index >= 15 is 0 Å². The molecule has 8 heteroatoms. The van der Waals surface area contributed by atoms with E-state index in [1.54, 1.807) is 0 Å². The van der Waals surface area contributed by atoms with Gasteiger partial charge in [-0.2, -0.15) is 0 Å². The minimum absolute atomic E-state index is 0.138. The zero-order chi connectivity index (χ0) is 18.9. The molecule has 0 aromatic heterocycles. The number of aliphatic hydroxyl groups is 2. The SMILES string of the molecule is CCC(CO)(CO)OCCCCC[Si](O[Si](C)(C)C)O[Si](C)(C)C. The molecule has 24 heavy (non-hydrogen) atoms. The van der Waals surface area contributed by atoms with Crippen molar-refractivity contribution >= 4 is 25.9 Å². The topological polar surface area (TPSA) is 68.2 Å². The van der Waals surface area contributed by atoms with Crippen LogP contribution in [0.3, 0.4) is 0 Å². The Labute approximate surface area is 152 Å². The fourth-order valence-electron chi connectivity index (χ4n) is 2.11. The zero-order valence-electron chi connectivity index (χ0n) is 16.8. The molecule has 0 bridgehead atoms. The first-order chi connectivity index (χ1) is 11.0. The average molecular weight is 396 g/mol. The summed E-state index contributed by atoms with van der Waals surface area (Å²) in [6.45, 7) is 15.5. The van der Waals surface area contributed by atoms with Crippen LogP contribution in [0, 0.1) is 0 Å². The monoisotopic (exact) mass is 395 g/mol. The third kappa shape index (κ3) is 11.9. The molecule has 0 aromatic rings. The molecule has 0 atom stereocenters. The molecule has 0 aliphatic rings. The van der Waals surface area contributed by atoms with Gasteiger partial charge in [-0.1, -0.05) is 19.8 Å². The van der Waals surface area contributed by atoms with Crippen molar-refractivity contribution in [1.29, 1.82) is 0 Å². The lowest BCUT2D eigenvalue weighted by Gasteiger charge is -2.30. The van der Waals surface area contributed by atoms with Gasteiger partial charge in [-0.25, -0.2) is 0 Å². The minimum Gasteiger partial charge on any atom is -0.436 e. The molecule has 5 nitrogen and oxygen atoms in total. The second kappa shape index (κ2) is 11.2. The Kier molecular flexibility index (Phi) is 11.4. The molecule has 2 N–H and O–H groups in total. The van der Waals surface area contributed by atoms with Gasteiger partial charge in [0, 0.05) is 6.61 Å². The predicted octanol–water partition coefficient (Wildman–Crippen LogP) is 3.50. The summed E-state index contributed by atoms with van der Waals surface area (Å²) in [5.74, 6) is 0. The van der Waals surface area contributed by atoms with Crippen molar-refractivity contribution in [1.82, 2.24) is 0 Å². The summed E-state index contributed by atoms with van der Waals surface area (Å²) in [5, 5.41) is 18.7. The highest BCUT2D eigenvalue weighted by molar-refractivity contribution is 6.81. The highest BCUT2D eigenvalue weighted by Crippen LogP contribution is 2.18. The van der Waals surface area contributed by atoms with Crippen LogP contribution in [0.2, 0.25) is 45.3 Å². The Balaban J connectivity index is 4.15. The Morgan fingerprint density at radius 2 is 1.33 bits per heavy atom. The van der Waals surface area contributed by atoms with Crippen molar-refractivity contribution in [3.63, 3.8) is 0 Å². The fourth-order valence-corrected chi connectivity index (χ4v) is 9.47. The lowest BCUT2D eigenvalue weighted by molar-refractivity contribution is -0.111. The third-order valence-corrected chi connectivity index (χ3v) is 11.0. The zero-order valence-corrected chi connectivity index (χ0v) is 19.8. The maximum atomic E-state index is 9.36. The fraction of sp³-hybridized carbons (Fsp3) is 1.00. The summed E-state index contributed by atoms with van der Waals surface area (Å²) in [6.07, 6.45) is 3.66. The van der Waals surface area contributed by atoms with Crippen LogP contribution >= 0.6 is 0 Å². The second-order valence-electron chi connectivity index (χ2n) is 8.31. The van der Waals surface area contributed by atoms with E-state index in [1.165, 1.54) is 0 Å². The van der Waals surface area contributed by atoms with Crippen LogP contribution in [-0.2, 0) is 13.0 Å². The maximum absolute atomic E-state index is 9.36. The summed E-state index contributed by atoms with van der Waals surface area (Å²) >= 11 is 0. The summed E-state index contributed by atoms with van der Waals surface area (Å²) < 4.78 is 18.3. The lowest BCUT2D eigenvalue weighted by atomic mass is 10.0. The molecule has 0 aromatic carbocycles. The van der Waals surface area contributed by atoms with E-state index in [9.17, 15) is 10.2 Å². The van der Waals surface area contributed by atoms with Gasteiger partial charge in [0.15, 0.2) is 16.6 Å². The first kappa shape index (κ1) is 24.5. The first-order valence-electron chi connectivity index (χ1n) is 9.06. The molecule has 0 unspecified atom stereocenters. The molecule has 0 fully saturated rings. The van der Waals surface area contributed by atoms with E-state index in [0.29, 0.717) is 13.0 Å². The van der Waals surface area contributed by atoms with E-state index in [-0.39, 0.29) is 13.2 Å². The molecule has 0 aliphatic heterocycles. The molecule has 0 aliphatic carbocycles. The molecule has 0 spiro atoms. The largest absolute Gasteiger partial charge is 0.436 e. The summed E-state index contributed by atoms with van der Waals surface area (Å²) in [5.41, 5.74) is -0.781. The van der Waals surface area contributed by atoms with Crippen LogP contribution in [0.1, 0.15) is 32.6 Å². The number of ether oxygens (including phenoxy) is 1. The highest BCUT2D eigenvalue weighted by Gasteiger charge is 2.30. The van der Waals surface area contributed by atoms with Crippen LogP contribution in [0.4, 0.5) is 0 Å². The molecule has 0 rings (SSSR count). The van der Waals surface area contributed by atoms with Crippen molar-refractivity contribution < 1.29 is 23.2 Å². The molecule has 0 amide bonds. The quantitative estimate of drug-likeness (QED) is 0.348. The van der Waals surface area contributed by atoms with Gasteiger partial charge in [0.2, 0.25) is 0 Å². The first-order valence-corrected chi connectivity index (χ1v) is 17.4. The summed E-state index contributed by atoms with van der Waals surface area (Å²) in [6, 6.07) is 1.01. The standard InChI is InChI=1S/C16H39O5Si3/c1-8-16(14-17,15-18)19-12-10-9-11-13-22(20-23(2,3)4)21-24(5,6)7/h17-18H,8-15H2,1-7H3. The number of aliphatic hydroxyl groups excluding tert-OH is 2. The van der Waals surface area contributed by atoms with Gasteiger partial charge in [-0.3, -0.25) is 0 Å². The minimum atomic E-state index is -1.57. The number of hydrogen-bond donors (Lipinski definition) is 2. The van der Waals surface area contributed by atoms with E-state index in [0.717, 1.165) is 25.3 Å². The number of hydrogen-bond acceptors (Lipinski definition) is 5. The van der Waals surface area contributed by atoms with Gasteiger partial charge < -0.3 is 23.2 Å². The molecule has 0 saturated heterocycles. The van der Waals surface area contributed by atoms with E-state index in [2.05, 4.69) is 39.3 Å². The van der Waals surface area contributed by atoms with Crippen molar-refractivity contribution in [3.05, 3.63) is 0 Å². The molecule has 0 heterocycles. The van der Waals surface area contributed by atoms with E-state index in [4.69, 9.17) is 13.0 Å². The average Bonchev–Trinajstić information content (AvgIpc) is 2.44. The maximum Gasteiger partial charge on any atom is 0.362 e. The second-order valence-corrected chi connectivity index (χ2v) is 19.6. The van der Waals surface area contributed by atoms with Crippen LogP contribution in [-0.4, -0.2) is 61.6 Å². The van der Waals surface area contributed by atoms with E-state index in [1.807, 2.05) is 6.92 Å². The van der Waals surface area contributed by atoms with Gasteiger partial charge >= 0.3 is 9.28 Å². The third-order valence-electron chi connectivity index (χ3n) is 3.49. The number of unbranched alkanes of at least 4 members (excludes halogenated alkanes) is 2. The van der Waals surface area contributed by atoms with Gasteiger partial charge in [-0.05, 0) is 58.2 Å². The van der Waals surface area contributed by atoms with Crippen LogP contribution in [0.15, 0.2) is 0 Å². The van der Waals surface area contributed by atoms with Crippen LogP contribution in [0.5, 0.6) is 0 Å². The molecular formula is C16H39O5Si3. The van der Waals surface area contributed by atoms with Gasteiger partial charge in [0.05, 0.1) is 13.2 Å². The smallest absolute Gasteiger partial charge is 0.362 e. The Hall–Kier alpha value is 0.451. The van der Waals surface area contributed by atoms with Crippen molar-refractivity contribution in [3.8, 4) is 0 Å². The Morgan fingerprint density at radius 1 is 0.833 bits per heavy atom. The molecule has 0 saturated carbocycles. The van der Waals surface area contributed by atoms with Crippen molar-refractivity contribution in [2.75, 3.05) is 19.8 Å². The predicted molar refractivity (Wildman–Crippen MR) is 106 cm³/mol. The lowest BCUT2D eigenvalue weighted by Crippen LogP contribution is -2.43. The summed E-state index contributed by atoms with van der Waals surface area (Å²) in [4.78, 5) is 0. The molecule has 145 valence electrons. The Morgan fingerprint density at radius 3 is 1.71 bits per heavy atom. The molecule has 1 radical (unpaired) electrons. The van der Waals surface area contributed by atoms with Gasteiger partial charge in [0.1, 0.15) is 5.60 Å². The number of rotatable bonds is 14. The van der Waals surface area contributed by atoms with Gasteiger partial charge in [-0.15, -0.1) is 0 Å². The summed E-state index contributed by atoms with van der Waals surface area (Å²) in [7, 11) is -4.33.